The first-order chi connectivity index (χ1) is 10.6. The quantitative estimate of drug-likeness (QED) is 0.585. The number of anilines is 2. The first kappa shape index (κ1) is 15.4. The molecule has 112 valence electrons. The third-order valence-electron chi connectivity index (χ3n) is 3.04. The molecule has 2 aromatic rings. The van der Waals surface area contributed by atoms with Crippen LogP contribution in [0.5, 0.6) is 0 Å². The maximum atomic E-state index is 12.3. The fourth-order valence-corrected chi connectivity index (χ4v) is 1.98. The van der Waals surface area contributed by atoms with Crippen molar-refractivity contribution >= 4 is 28.9 Å². The van der Waals surface area contributed by atoms with E-state index in [9.17, 15) is 9.59 Å². The molecule has 22 heavy (non-hydrogen) atoms. The van der Waals surface area contributed by atoms with Gasteiger partial charge in [0.25, 0.3) is 0 Å². The smallest absolute Gasteiger partial charge is 0.242 e. The highest BCUT2D eigenvalue weighted by molar-refractivity contribution is 6.24. The molecule has 0 aliphatic heterocycles. The monoisotopic (exact) mass is 295 g/mol. The molecule has 0 aromatic heterocycles. The van der Waals surface area contributed by atoms with Gasteiger partial charge < -0.3 is 16.0 Å². The number of carbonyl (C=O) groups is 2. The van der Waals surface area contributed by atoms with Gasteiger partial charge in [0.1, 0.15) is 0 Å². The van der Waals surface area contributed by atoms with E-state index in [1.165, 1.54) is 6.92 Å². The van der Waals surface area contributed by atoms with Crippen LogP contribution < -0.4 is 10.6 Å². The number of carbonyl (C=O) groups excluding carboxylic acids is 2. The van der Waals surface area contributed by atoms with Gasteiger partial charge in [0.05, 0.1) is 0 Å². The molecule has 3 N–H and O–H groups in total. The Morgan fingerprint density at radius 3 is 1.50 bits per heavy atom. The molecule has 2 rings (SSSR count). The van der Waals surface area contributed by atoms with E-state index in [0.717, 1.165) is 0 Å². The molecule has 0 saturated carbocycles. The Morgan fingerprint density at radius 1 is 0.818 bits per heavy atom. The molecule has 0 bridgehead atoms. The van der Waals surface area contributed by atoms with Crippen LogP contribution >= 0.6 is 0 Å². The summed E-state index contributed by atoms with van der Waals surface area (Å²) in [5, 5.41) is 13.0. The van der Waals surface area contributed by atoms with Gasteiger partial charge in [-0.1, -0.05) is 36.4 Å². The maximum Gasteiger partial charge on any atom is 0.242 e. The van der Waals surface area contributed by atoms with E-state index in [4.69, 9.17) is 5.41 Å². The first-order valence-electron chi connectivity index (χ1n) is 6.85. The van der Waals surface area contributed by atoms with Gasteiger partial charge >= 0.3 is 0 Å². The molecule has 0 unspecified atom stereocenters. The molecule has 5 heteroatoms. The summed E-state index contributed by atoms with van der Waals surface area (Å²) >= 11 is 0. The van der Waals surface area contributed by atoms with Crippen molar-refractivity contribution in [2.45, 2.75) is 6.92 Å². The Morgan fingerprint density at radius 2 is 1.18 bits per heavy atom. The molecule has 0 radical (unpaired) electrons. The molecule has 2 aromatic carbocycles. The van der Waals surface area contributed by atoms with Crippen LogP contribution in [-0.2, 0) is 9.59 Å². The summed E-state index contributed by atoms with van der Waals surface area (Å²) in [5.41, 5.74) is 1.17. The summed E-state index contributed by atoms with van der Waals surface area (Å²) in [4.78, 5) is 24.5. The van der Waals surface area contributed by atoms with Crippen molar-refractivity contribution in [3.63, 3.8) is 0 Å². The lowest BCUT2D eigenvalue weighted by atomic mass is 10.0. The minimum atomic E-state index is -1.17. The number of benzene rings is 2. The maximum absolute atomic E-state index is 12.3. The summed E-state index contributed by atoms with van der Waals surface area (Å²) in [5.74, 6) is -2.21. The van der Waals surface area contributed by atoms with Crippen LogP contribution in [0.15, 0.2) is 60.7 Å². The summed E-state index contributed by atoms with van der Waals surface area (Å²) in [6.07, 6.45) is 0. The van der Waals surface area contributed by atoms with Crippen molar-refractivity contribution in [2.24, 2.45) is 5.92 Å². The highest BCUT2D eigenvalue weighted by Gasteiger charge is 2.29. The van der Waals surface area contributed by atoms with Crippen LogP contribution in [0.1, 0.15) is 6.92 Å². The summed E-state index contributed by atoms with van der Waals surface area (Å²) in [7, 11) is 0. The van der Waals surface area contributed by atoms with Crippen molar-refractivity contribution in [2.75, 3.05) is 10.6 Å². The number of amides is 2. The van der Waals surface area contributed by atoms with E-state index < -0.39 is 17.7 Å². The van der Waals surface area contributed by atoms with E-state index in [2.05, 4.69) is 10.6 Å². The van der Waals surface area contributed by atoms with Gasteiger partial charge in [-0.25, -0.2) is 0 Å². The Labute approximate surface area is 128 Å². The summed E-state index contributed by atoms with van der Waals surface area (Å²) < 4.78 is 0. The number of hydrogen-bond donors (Lipinski definition) is 3. The molecule has 0 aliphatic carbocycles. The van der Waals surface area contributed by atoms with Gasteiger partial charge in [-0.3, -0.25) is 9.59 Å². The van der Waals surface area contributed by atoms with Gasteiger partial charge in [-0.05, 0) is 31.2 Å². The van der Waals surface area contributed by atoms with Crippen molar-refractivity contribution in [1.82, 2.24) is 0 Å². The van der Waals surface area contributed by atoms with Crippen LogP contribution in [0.3, 0.4) is 0 Å². The van der Waals surface area contributed by atoms with Crippen LogP contribution in [0.2, 0.25) is 0 Å². The highest BCUT2D eigenvalue weighted by Crippen LogP contribution is 2.12. The standard InChI is InChI=1S/C17H17N3O2/c1-12(18)15(16(21)19-13-8-4-2-5-9-13)17(22)20-14-10-6-3-7-11-14/h2-11,15,18H,1H3,(H,19,21)(H,20,22). The van der Waals surface area contributed by atoms with Gasteiger partial charge in [-0.2, -0.15) is 0 Å². The van der Waals surface area contributed by atoms with E-state index in [1.807, 2.05) is 12.1 Å². The topological polar surface area (TPSA) is 82.1 Å². The Kier molecular flexibility index (Phi) is 5.03. The summed E-state index contributed by atoms with van der Waals surface area (Å²) in [6.45, 7) is 1.44. The predicted octanol–water partition coefficient (Wildman–Crippen LogP) is 2.92. The molecule has 0 saturated heterocycles. The zero-order valence-electron chi connectivity index (χ0n) is 12.2. The Hall–Kier alpha value is -2.95. The molecule has 5 nitrogen and oxygen atoms in total. The number of hydrogen-bond acceptors (Lipinski definition) is 3. The molecule has 0 spiro atoms. The average Bonchev–Trinajstić information content (AvgIpc) is 2.48. The van der Waals surface area contributed by atoms with Gasteiger partial charge in [0, 0.05) is 17.1 Å². The molecule has 0 heterocycles. The summed E-state index contributed by atoms with van der Waals surface area (Å²) in [6, 6.07) is 17.7. The zero-order valence-corrected chi connectivity index (χ0v) is 12.2. The van der Waals surface area contributed by atoms with Crippen molar-refractivity contribution < 1.29 is 9.59 Å². The third-order valence-corrected chi connectivity index (χ3v) is 3.04. The minimum Gasteiger partial charge on any atom is -0.325 e. The zero-order chi connectivity index (χ0) is 15.9. The van der Waals surface area contributed by atoms with Crippen LogP contribution in [0.4, 0.5) is 11.4 Å². The third kappa shape index (κ3) is 4.02. The van der Waals surface area contributed by atoms with Gasteiger partial charge in [0.2, 0.25) is 11.8 Å². The van der Waals surface area contributed by atoms with Crippen molar-refractivity contribution in [3.8, 4) is 0 Å². The van der Waals surface area contributed by atoms with E-state index >= 15 is 0 Å². The second-order valence-corrected chi connectivity index (χ2v) is 4.83. The molecule has 0 aliphatic rings. The van der Waals surface area contributed by atoms with Crippen LogP contribution in [0, 0.1) is 11.3 Å². The van der Waals surface area contributed by atoms with Gasteiger partial charge in [0.15, 0.2) is 5.92 Å². The lowest BCUT2D eigenvalue weighted by Crippen LogP contribution is -2.38. The van der Waals surface area contributed by atoms with E-state index in [0.29, 0.717) is 11.4 Å². The fraction of sp³-hybridized carbons (Fsp3) is 0.118. The molecule has 0 atom stereocenters. The predicted molar refractivity (Wildman–Crippen MR) is 87.0 cm³/mol. The van der Waals surface area contributed by atoms with Crippen LogP contribution in [-0.4, -0.2) is 17.5 Å². The Balaban J connectivity index is 2.10. The lowest BCUT2D eigenvalue weighted by molar-refractivity contribution is -0.126. The SMILES string of the molecule is CC(=N)C(C(=O)Nc1ccccc1)C(=O)Nc1ccccc1. The van der Waals surface area contributed by atoms with E-state index in [1.54, 1.807) is 48.5 Å². The lowest BCUT2D eigenvalue weighted by Gasteiger charge is -2.15. The number of para-hydroxylation sites is 2. The molecular weight excluding hydrogens is 278 g/mol. The van der Waals surface area contributed by atoms with Crippen LogP contribution in [0.25, 0.3) is 0 Å². The molecule has 0 fully saturated rings. The average molecular weight is 295 g/mol. The largest absolute Gasteiger partial charge is 0.325 e. The first-order valence-corrected chi connectivity index (χ1v) is 6.85. The van der Waals surface area contributed by atoms with E-state index in [-0.39, 0.29) is 5.71 Å². The minimum absolute atomic E-state index is 0.0122. The highest BCUT2D eigenvalue weighted by atomic mass is 16.2. The normalized spacial score (nSPS) is 10.1. The molecular formula is C17H17N3O2. The van der Waals surface area contributed by atoms with Crippen molar-refractivity contribution in [3.05, 3.63) is 60.7 Å². The fourth-order valence-electron chi connectivity index (χ4n) is 1.98. The van der Waals surface area contributed by atoms with Crippen molar-refractivity contribution in [1.29, 1.82) is 5.41 Å². The molecule has 2 amide bonds. The second kappa shape index (κ2) is 7.17. The second-order valence-electron chi connectivity index (χ2n) is 4.83. The number of nitrogens with one attached hydrogen (secondary N) is 3. The Bertz CT molecular complexity index is 615. The number of rotatable bonds is 5. The van der Waals surface area contributed by atoms with Gasteiger partial charge in [-0.15, -0.1) is 0 Å².